The van der Waals surface area contributed by atoms with Gasteiger partial charge in [0.25, 0.3) is 0 Å². The lowest BCUT2D eigenvalue weighted by atomic mass is 10.0. The highest BCUT2D eigenvalue weighted by Gasteiger charge is 2.46. The fourth-order valence-corrected chi connectivity index (χ4v) is 5.56. The monoisotopic (exact) mass is 575 g/mol. The summed E-state index contributed by atoms with van der Waals surface area (Å²) in [7, 11) is 0. The van der Waals surface area contributed by atoms with E-state index in [4.69, 9.17) is 25.8 Å². The fraction of sp³-hybridized carbons (Fsp3) is 0.483. The molecule has 2 heterocycles. The van der Waals surface area contributed by atoms with Gasteiger partial charge in [0.05, 0.1) is 17.7 Å². The largest absolute Gasteiger partial charge is 0.488 e. The minimum absolute atomic E-state index is 0.00499. The van der Waals surface area contributed by atoms with Gasteiger partial charge < -0.3 is 14.2 Å². The number of hydrogen-bond acceptors (Lipinski definition) is 7. The predicted octanol–water partition coefficient (Wildman–Crippen LogP) is 7.61. The molecule has 2 aromatic carbocycles. The van der Waals surface area contributed by atoms with Crippen LogP contribution in [0.25, 0.3) is 21.1 Å². The maximum atomic E-state index is 15.1. The Kier molecular flexibility index (Phi) is 8.54. The Morgan fingerprint density at radius 3 is 2.51 bits per heavy atom. The Labute approximate surface area is 238 Å². The molecule has 0 saturated carbocycles. The number of amides is 1. The molecule has 1 saturated heterocycles. The lowest BCUT2D eigenvalue weighted by Crippen LogP contribution is -2.51. The third-order valence-electron chi connectivity index (χ3n) is 6.12. The first-order chi connectivity index (χ1) is 18.2. The van der Waals surface area contributed by atoms with Crippen molar-refractivity contribution in [3.8, 4) is 26.9 Å². The Morgan fingerprint density at radius 2 is 1.87 bits per heavy atom. The molecule has 0 N–H and O–H groups in total. The summed E-state index contributed by atoms with van der Waals surface area (Å²) in [4.78, 5) is 14.3. The van der Waals surface area contributed by atoms with Crippen LogP contribution in [0.2, 0.25) is 5.02 Å². The molecule has 1 atom stereocenters. The van der Waals surface area contributed by atoms with Crippen LogP contribution in [0.5, 0.6) is 5.75 Å². The van der Waals surface area contributed by atoms with E-state index in [-0.39, 0.29) is 24.0 Å². The van der Waals surface area contributed by atoms with Gasteiger partial charge in [-0.3, -0.25) is 4.90 Å². The number of aromatic nitrogens is 2. The zero-order valence-corrected chi connectivity index (χ0v) is 25.0. The van der Waals surface area contributed by atoms with Crippen LogP contribution in [0.4, 0.5) is 9.18 Å². The van der Waals surface area contributed by atoms with Crippen LogP contribution in [0.3, 0.4) is 0 Å². The zero-order chi connectivity index (χ0) is 28.5. The van der Waals surface area contributed by atoms with Gasteiger partial charge in [-0.05, 0) is 58.6 Å². The van der Waals surface area contributed by atoms with Crippen molar-refractivity contribution in [1.29, 1.82) is 0 Å². The number of benzene rings is 2. The topological polar surface area (TPSA) is 73.8 Å². The molecule has 4 rings (SSSR count). The molecular formula is C29H35ClFN3O4S. The molecule has 0 aliphatic carbocycles. The number of rotatable bonds is 7. The second-order valence-corrected chi connectivity index (χ2v) is 12.9. The van der Waals surface area contributed by atoms with E-state index in [1.165, 1.54) is 33.9 Å². The fourth-order valence-electron chi connectivity index (χ4n) is 4.38. The van der Waals surface area contributed by atoms with Crippen LogP contribution in [-0.2, 0) is 15.9 Å². The van der Waals surface area contributed by atoms with E-state index < -0.39 is 29.3 Å². The lowest BCUT2D eigenvalue weighted by molar-refractivity contribution is -0.0637. The third-order valence-corrected chi connectivity index (χ3v) is 7.44. The second-order valence-electron chi connectivity index (χ2n) is 11.5. The summed E-state index contributed by atoms with van der Waals surface area (Å²) < 4.78 is 32.3. The first kappa shape index (κ1) is 29.2. The first-order valence-electron chi connectivity index (χ1n) is 12.9. The average Bonchev–Trinajstić information content (AvgIpc) is 3.42. The van der Waals surface area contributed by atoms with Gasteiger partial charge in [0, 0.05) is 17.2 Å². The van der Waals surface area contributed by atoms with Gasteiger partial charge in [-0.2, -0.15) is 0 Å². The Morgan fingerprint density at radius 1 is 1.21 bits per heavy atom. The van der Waals surface area contributed by atoms with E-state index in [0.717, 1.165) is 17.0 Å². The van der Waals surface area contributed by atoms with E-state index in [0.29, 0.717) is 16.5 Å². The van der Waals surface area contributed by atoms with Gasteiger partial charge in [0.1, 0.15) is 27.9 Å². The molecule has 0 bridgehead atoms. The maximum Gasteiger partial charge on any atom is 0.413 e. The number of carbonyl (C=O) groups excluding carboxylic acids is 1. The summed E-state index contributed by atoms with van der Waals surface area (Å²) in [5.74, 6) is -0.0375. The SMILES string of the molecule is CC(C)Cc1ccc(-c2nnc(-c3cc(F)c(OC[C@H]4COC(C)(C)N4C(=O)OC(C)(C)C)cc3Cl)s2)cc1. The minimum Gasteiger partial charge on any atom is -0.488 e. The highest BCUT2D eigenvalue weighted by Crippen LogP contribution is 2.38. The van der Waals surface area contributed by atoms with Gasteiger partial charge in [-0.15, -0.1) is 10.2 Å². The first-order valence-corrected chi connectivity index (χ1v) is 14.1. The highest BCUT2D eigenvalue weighted by molar-refractivity contribution is 7.18. The van der Waals surface area contributed by atoms with Crippen molar-refractivity contribution in [1.82, 2.24) is 15.1 Å². The molecular weight excluding hydrogens is 541 g/mol. The summed E-state index contributed by atoms with van der Waals surface area (Å²) in [6.45, 7) is 13.5. The number of nitrogens with zero attached hydrogens (tertiary/aromatic N) is 3. The van der Waals surface area contributed by atoms with Crippen molar-refractivity contribution in [3.63, 3.8) is 0 Å². The van der Waals surface area contributed by atoms with Crippen LogP contribution in [-0.4, -0.2) is 51.8 Å². The molecule has 10 heteroatoms. The molecule has 1 aliphatic heterocycles. The summed E-state index contributed by atoms with van der Waals surface area (Å²) >= 11 is 7.88. The summed E-state index contributed by atoms with van der Waals surface area (Å²) in [5.41, 5.74) is 1.08. The van der Waals surface area contributed by atoms with Crippen LogP contribution < -0.4 is 4.74 Å². The number of hydrogen-bond donors (Lipinski definition) is 0. The van der Waals surface area contributed by atoms with E-state index >= 15 is 4.39 Å². The molecule has 1 aromatic heterocycles. The Hall–Kier alpha value is -2.75. The summed E-state index contributed by atoms with van der Waals surface area (Å²) in [5, 5.41) is 10.1. The van der Waals surface area contributed by atoms with Crippen LogP contribution in [0.1, 0.15) is 54.0 Å². The van der Waals surface area contributed by atoms with Crippen molar-refractivity contribution in [3.05, 3.63) is 52.8 Å². The smallest absolute Gasteiger partial charge is 0.413 e. The predicted molar refractivity (Wildman–Crippen MR) is 152 cm³/mol. The van der Waals surface area contributed by atoms with E-state index in [1.807, 2.05) is 12.1 Å². The van der Waals surface area contributed by atoms with Gasteiger partial charge in [0.2, 0.25) is 0 Å². The molecule has 1 amide bonds. The molecule has 1 fully saturated rings. The van der Waals surface area contributed by atoms with E-state index in [2.05, 4.69) is 36.2 Å². The summed E-state index contributed by atoms with van der Waals surface area (Å²) in [6.07, 6.45) is 0.490. The standard InChI is InChI=1S/C29H35ClFN3O4S/c1-17(2)12-18-8-10-19(11-9-18)25-32-33-26(39-25)21-13-23(31)24(14-22(21)30)36-15-20-16-37-29(6,7)34(20)27(35)38-28(3,4)5/h8-11,13-14,17,20H,12,15-16H2,1-7H3/t20-/m0/s1. The third kappa shape index (κ3) is 7.07. The van der Waals surface area contributed by atoms with E-state index in [1.54, 1.807) is 34.6 Å². The molecule has 7 nitrogen and oxygen atoms in total. The van der Waals surface area contributed by atoms with Crippen molar-refractivity contribution in [2.45, 2.75) is 72.3 Å². The average molecular weight is 576 g/mol. The van der Waals surface area contributed by atoms with Gasteiger partial charge in [0.15, 0.2) is 11.6 Å². The summed E-state index contributed by atoms with van der Waals surface area (Å²) in [6, 6.07) is 10.5. The van der Waals surface area contributed by atoms with Crippen LogP contribution in [0, 0.1) is 11.7 Å². The molecule has 210 valence electrons. The van der Waals surface area contributed by atoms with Crippen molar-refractivity contribution in [2.75, 3.05) is 13.2 Å². The Bertz CT molecular complexity index is 1320. The van der Waals surface area contributed by atoms with Crippen molar-refractivity contribution >= 4 is 29.0 Å². The molecule has 3 aromatic rings. The highest BCUT2D eigenvalue weighted by atomic mass is 35.5. The molecule has 0 spiro atoms. The molecule has 39 heavy (non-hydrogen) atoms. The van der Waals surface area contributed by atoms with Crippen LogP contribution in [0.15, 0.2) is 36.4 Å². The van der Waals surface area contributed by atoms with Crippen molar-refractivity contribution < 1.29 is 23.4 Å². The minimum atomic E-state index is -0.888. The molecule has 1 aliphatic rings. The quantitative estimate of drug-likeness (QED) is 0.288. The maximum absolute atomic E-state index is 15.1. The number of carbonyl (C=O) groups is 1. The van der Waals surface area contributed by atoms with Gasteiger partial charge in [-0.25, -0.2) is 9.18 Å². The normalized spacial score (nSPS) is 17.1. The lowest BCUT2D eigenvalue weighted by Gasteiger charge is -2.35. The molecule has 0 radical (unpaired) electrons. The molecule has 0 unspecified atom stereocenters. The Balaban J connectivity index is 1.47. The zero-order valence-electron chi connectivity index (χ0n) is 23.4. The van der Waals surface area contributed by atoms with Gasteiger partial charge in [-0.1, -0.05) is 61.1 Å². The van der Waals surface area contributed by atoms with Crippen LogP contribution >= 0.6 is 22.9 Å². The number of ether oxygens (including phenoxy) is 3. The van der Waals surface area contributed by atoms with Crippen molar-refractivity contribution in [2.24, 2.45) is 5.92 Å². The second kappa shape index (κ2) is 11.4. The van der Waals surface area contributed by atoms with Gasteiger partial charge >= 0.3 is 6.09 Å². The van der Waals surface area contributed by atoms with E-state index in [9.17, 15) is 4.79 Å². The number of halogens is 2.